The first-order valence-electron chi connectivity index (χ1n) is 8.83. The van der Waals surface area contributed by atoms with Crippen LogP contribution >= 0.6 is 11.8 Å². The SMILES string of the molecule is CC1(C)SC[C@H](C(=O)N2CCC(Cc3ccc(F)cc3)CC2)NC1=O. The number of hydrogen-bond donors (Lipinski definition) is 1. The molecule has 136 valence electrons. The molecule has 6 heteroatoms. The Morgan fingerprint density at radius 3 is 2.52 bits per heavy atom. The average Bonchev–Trinajstić information content (AvgIpc) is 2.59. The number of carbonyl (C=O) groups excluding carboxylic acids is 2. The van der Waals surface area contributed by atoms with Crippen molar-refractivity contribution in [3.05, 3.63) is 35.6 Å². The Bertz CT molecular complexity index is 639. The van der Waals surface area contributed by atoms with Gasteiger partial charge in [0.2, 0.25) is 11.8 Å². The van der Waals surface area contributed by atoms with E-state index in [0.717, 1.165) is 37.9 Å². The first-order valence-corrected chi connectivity index (χ1v) is 9.82. The first-order chi connectivity index (χ1) is 11.8. The number of carbonyl (C=O) groups is 2. The van der Waals surface area contributed by atoms with E-state index < -0.39 is 10.8 Å². The molecule has 4 nitrogen and oxygen atoms in total. The van der Waals surface area contributed by atoms with Crippen molar-refractivity contribution in [3.63, 3.8) is 0 Å². The Morgan fingerprint density at radius 2 is 1.92 bits per heavy atom. The predicted octanol–water partition coefficient (Wildman–Crippen LogP) is 2.62. The van der Waals surface area contributed by atoms with Crippen molar-refractivity contribution in [1.29, 1.82) is 0 Å². The molecule has 0 aliphatic carbocycles. The number of rotatable bonds is 3. The molecule has 1 N–H and O–H groups in total. The topological polar surface area (TPSA) is 49.4 Å². The Labute approximate surface area is 152 Å². The van der Waals surface area contributed by atoms with E-state index in [1.165, 1.54) is 12.1 Å². The van der Waals surface area contributed by atoms with Crippen LogP contribution in [0.2, 0.25) is 0 Å². The van der Waals surface area contributed by atoms with Crippen LogP contribution < -0.4 is 5.32 Å². The molecule has 0 spiro atoms. The molecule has 2 saturated heterocycles. The van der Waals surface area contributed by atoms with E-state index in [1.807, 2.05) is 30.9 Å². The highest BCUT2D eigenvalue weighted by Crippen LogP contribution is 2.30. The molecule has 2 amide bonds. The molecule has 2 aliphatic heterocycles. The molecule has 0 radical (unpaired) electrons. The second kappa shape index (κ2) is 7.36. The van der Waals surface area contributed by atoms with Crippen LogP contribution in [0.1, 0.15) is 32.3 Å². The van der Waals surface area contributed by atoms with Crippen LogP contribution in [0.4, 0.5) is 4.39 Å². The van der Waals surface area contributed by atoms with E-state index in [1.54, 1.807) is 11.8 Å². The number of nitrogens with one attached hydrogen (secondary N) is 1. The molecule has 2 aliphatic rings. The maximum Gasteiger partial charge on any atom is 0.246 e. The third-order valence-corrected chi connectivity index (χ3v) is 6.53. The van der Waals surface area contributed by atoms with Gasteiger partial charge in [0.1, 0.15) is 11.9 Å². The second-order valence-corrected chi connectivity index (χ2v) is 9.09. The highest BCUT2D eigenvalue weighted by atomic mass is 32.2. The van der Waals surface area contributed by atoms with Crippen molar-refractivity contribution in [2.75, 3.05) is 18.8 Å². The Morgan fingerprint density at radius 1 is 1.28 bits per heavy atom. The summed E-state index contributed by atoms with van der Waals surface area (Å²) in [6.45, 7) is 5.22. The van der Waals surface area contributed by atoms with Gasteiger partial charge in [0.25, 0.3) is 0 Å². The lowest BCUT2D eigenvalue weighted by atomic mass is 9.90. The standard InChI is InChI=1S/C19H25FN2O2S/c1-19(2)18(24)21-16(12-25-19)17(23)22-9-7-14(8-10-22)11-13-3-5-15(20)6-4-13/h3-6,14,16H,7-12H2,1-2H3,(H,21,24)/t16-/m1/s1. The highest BCUT2D eigenvalue weighted by molar-refractivity contribution is 8.01. The number of likely N-dealkylation sites (tertiary alicyclic amines) is 1. The molecule has 2 heterocycles. The number of benzene rings is 1. The van der Waals surface area contributed by atoms with E-state index in [2.05, 4.69) is 5.32 Å². The fraction of sp³-hybridized carbons (Fsp3) is 0.579. The maximum absolute atomic E-state index is 13.0. The molecule has 2 fully saturated rings. The summed E-state index contributed by atoms with van der Waals surface area (Å²) in [4.78, 5) is 26.6. The minimum absolute atomic E-state index is 0.0385. The van der Waals surface area contributed by atoms with Crippen molar-refractivity contribution in [2.24, 2.45) is 5.92 Å². The summed E-state index contributed by atoms with van der Waals surface area (Å²) in [7, 11) is 0. The quantitative estimate of drug-likeness (QED) is 0.897. The van der Waals surface area contributed by atoms with E-state index in [9.17, 15) is 14.0 Å². The largest absolute Gasteiger partial charge is 0.342 e. The number of amides is 2. The second-order valence-electron chi connectivity index (χ2n) is 7.45. The molecule has 1 atom stereocenters. The summed E-state index contributed by atoms with van der Waals surface area (Å²) in [6.07, 6.45) is 2.82. The molecule has 0 aromatic heterocycles. The number of hydrogen-bond acceptors (Lipinski definition) is 3. The van der Waals surface area contributed by atoms with Gasteiger partial charge in [-0.15, -0.1) is 11.8 Å². The zero-order chi connectivity index (χ0) is 18.0. The summed E-state index contributed by atoms with van der Waals surface area (Å²) < 4.78 is 12.5. The summed E-state index contributed by atoms with van der Waals surface area (Å²) in [5.74, 6) is 0.918. The van der Waals surface area contributed by atoms with E-state index >= 15 is 0 Å². The maximum atomic E-state index is 13.0. The average molecular weight is 364 g/mol. The lowest BCUT2D eigenvalue weighted by molar-refractivity contribution is -0.137. The Kier molecular flexibility index (Phi) is 5.37. The molecule has 25 heavy (non-hydrogen) atoms. The molecule has 0 bridgehead atoms. The lowest BCUT2D eigenvalue weighted by Crippen LogP contribution is -2.58. The molecular weight excluding hydrogens is 339 g/mol. The van der Waals surface area contributed by atoms with Gasteiger partial charge < -0.3 is 10.2 Å². The summed E-state index contributed by atoms with van der Waals surface area (Å²) >= 11 is 1.54. The van der Waals surface area contributed by atoms with Crippen molar-refractivity contribution < 1.29 is 14.0 Å². The van der Waals surface area contributed by atoms with Gasteiger partial charge in [0.15, 0.2) is 0 Å². The molecule has 0 saturated carbocycles. The van der Waals surface area contributed by atoms with Crippen molar-refractivity contribution in [1.82, 2.24) is 10.2 Å². The van der Waals surface area contributed by atoms with Gasteiger partial charge in [0, 0.05) is 18.8 Å². The predicted molar refractivity (Wildman–Crippen MR) is 97.9 cm³/mol. The van der Waals surface area contributed by atoms with Crippen LogP contribution in [0, 0.1) is 11.7 Å². The monoisotopic (exact) mass is 364 g/mol. The zero-order valence-electron chi connectivity index (χ0n) is 14.8. The minimum atomic E-state index is -0.459. The van der Waals surface area contributed by atoms with Crippen LogP contribution in [-0.4, -0.2) is 46.3 Å². The molecular formula is C19H25FN2O2S. The summed E-state index contributed by atoms with van der Waals surface area (Å²) in [5, 5.41) is 2.87. The van der Waals surface area contributed by atoms with Gasteiger partial charge in [-0.3, -0.25) is 9.59 Å². The van der Waals surface area contributed by atoms with Crippen LogP contribution in [0.15, 0.2) is 24.3 Å². The molecule has 1 aromatic carbocycles. The van der Waals surface area contributed by atoms with Gasteiger partial charge in [-0.2, -0.15) is 0 Å². The van der Waals surface area contributed by atoms with Crippen LogP contribution in [0.25, 0.3) is 0 Å². The Balaban J connectivity index is 1.49. The van der Waals surface area contributed by atoms with Gasteiger partial charge in [-0.25, -0.2) is 4.39 Å². The molecule has 0 unspecified atom stereocenters. The number of nitrogens with zero attached hydrogens (tertiary/aromatic N) is 1. The Hall–Kier alpha value is -1.56. The number of thioether (sulfide) groups is 1. The van der Waals surface area contributed by atoms with Gasteiger partial charge in [0.05, 0.1) is 4.75 Å². The third-order valence-electron chi connectivity index (χ3n) is 5.12. The minimum Gasteiger partial charge on any atom is -0.342 e. The van der Waals surface area contributed by atoms with Crippen molar-refractivity contribution >= 4 is 23.6 Å². The highest BCUT2D eigenvalue weighted by Gasteiger charge is 2.39. The number of piperidine rings is 1. The van der Waals surface area contributed by atoms with E-state index in [-0.39, 0.29) is 17.6 Å². The van der Waals surface area contributed by atoms with Gasteiger partial charge in [-0.05, 0) is 56.7 Å². The summed E-state index contributed by atoms with van der Waals surface area (Å²) in [5.41, 5.74) is 1.14. The normalized spacial score (nSPS) is 24.0. The summed E-state index contributed by atoms with van der Waals surface area (Å²) in [6, 6.07) is 6.27. The van der Waals surface area contributed by atoms with Gasteiger partial charge in [-0.1, -0.05) is 12.1 Å². The fourth-order valence-corrected chi connectivity index (χ4v) is 4.39. The third kappa shape index (κ3) is 4.35. The van der Waals surface area contributed by atoms with Gasteiger partial charge >= 0.3 is 0 Å². The smallest absolute Gasteiger partial charge is 0.246 e. The first kappa shape index (κ1) is 18.2. The molecule has 1 aromatic rings. The van der Waals surface area contributed by atoms with E-state index in [4.69, 9.17) is 0 Å². The van der Waals surface area contributed by atoms with Crippen LogP contribution in [0.5, 0.6) is 0 Å². The van der Waals surface area contributed by atoms with Crippen LogP contribution in [0.3, 0.4) is 0 Å². The van der Waals surface area contributed by atoms with Crippen LogP contribution in [-0.2, 0) is 16.0 Å². The fourth-order valence-electron chi connectivity index (χ4n) is 3.40. The zero-order valence-corrected chi connectivity index (χ0v) is 15.6. The van der Waals surface area contributed by atoms with Crippen molar-refractivity contribution in [3.8, 4) is 0 Å². The van der Waals surface area contributed by atoms with E-state index in [0.29, 0.717) is 11.7 Å². The number of halogens is 1. The lowest BCUT2D eigenvalue weighted by Gasteiger charge is -2.38. The van der Waals surface area contributed by atoms with Crippen molar-refractivity contribution in [2.45, 2.75) is 43.9 Å². The molecule has 3 rings (SSSR count).